The topological polar surface area (TPSA) is 64.3 Å². The number of hydrogen-bond donors (Lipinski definition) is 2. The summed E-state index contributed by atoms with van der Waals surface area (Å²) in [5.74, 6) is -0.0282. The number of carbonyl (C=O) groups excluding carboxylic acids is 1. The number of nitrogens with one attached hydrogen (secondary N) is 1. The lowest BCUT2D eigenvalue weighted by Gasteiger charge is -2.09. The lowest BCUT2D eigenvalue weighted by Crippen LogP contribution is -2.26. The van der Waals surface area contributed by atoms with Gasteiger partial charge >= 0.3 is 0 Å². The molecule has 0 saturated heterocycles. The average Bonchev–Trinajstić information content (AvgIpc) is 2.43. The summed E-state index contributed by atoms with van der Waals surface area (Å²) in [6.07, 6.45) is 2.59. The summed E-state index contributed by atoms with van der Waals surface area (Å²) in [5.41, 5.74) is 7.28. The second kappa shape index (κ2) is 9.53. The molecule has 1 aromatic rings. The Labute approximate surface area is 115 Å². The first-order valence-corrected chi connectivity index (χ1v) is 6.93. The second-order valence-electron chi connectivity index (χ2n) is 4.42. The van der Waals surface area contributed by atoms with E-state index in [9.17, 15) is 4.79 Å². The van der Waals surface area contributed by atoms with Crippen LogP contribution in [-0.2, 0) is 11.2 Å². The van der Waals surface area contributed by atoms with Crippen LogP contribution in [0.5, 0.6) is 0 Å². The van der Waals surface area contributed by atoms with E-state index in [2.05, 4.69) is 12.2 Å². The highest BCUT2D eigenvalue weighted by molar-refractivity contribution is 5.95. The van der Waals surface area contributed by atoms with Crippen LogP contribution in [0.15, 0.2) is 24.3 Å². The van der Waals surface area contributed by atoms with Crippen LogP contribution in [0.2, 0.25) is 0 Å². The molecular weight excluding hydrogens is 240 g/mol. The van der Waals surface area contributed by atoms with Crippen molar-refractivity contribution in [3.8, 4) is 0 Å². The normalized spacial score (nSPS) is 10.4. The minimum Gasteiger partial charge on any atom is -0.381 e. The van der Waals surface area contributed by atoms with Crippen LogP contribution < -0.4 is 11.1 Å². The third-order valence-electron chi connectivity index (χ3n) is 2.78. The molecule has 0 fully saturated rings. The molecule has 1 amide bonds. The zero-order valence-corrected chi connectivity index (χ0v) is 11.7. The van der Waals surface area contributed by atoms with Crippen LogP contribution in [0, 0.1) is 0 Å². The van der Waals surface area contributed by atoms with Crippen LogP contribution >= 0.6 is 0 Å². The number of amides is 1. The molecule has 106 valence electrons. The smallest absolute Gasteiger partial charge is 0.251 e. The molecule has 0 aliphatic rings. The molecule has 0 heterocycles. The van der Waals surface area contributed by atoms with E-state index in [-0.39, 0.29) is 5.91 Å². The van der Waals surface area contributed by atoms with Crippen molar-refractivity contribution in [2.75, 3.05) is 26.3 Å². The quantitative estimate of drug-likeness (QED) is 0.668. The Morgan fingerprint density at radius 1 is 1.32 bits per heavy atom. The van der Waals surface area contributed by atoms with E-state index in [1.165, 1.54) is 0 Å². The standard InChI is InChI=1S/C15H24N2O2/c1-2-11-19-12-5-10-17-15(18)14-7-4-3-6-13(14)8-9-16/h3-4,6-7H,2,5,8-12,16H2,1H3,(H,17,18). The third kappa shape index (κ3) is 5.85. The largest absolute Gasteiger partial charge is 0.381 e. The molecule has 0 unspecified atom stereocenters. The highest BCUT2D eigenvalue weighted by Crippen LogP contribution is 2.08. The number of rotatable bonds is 9. The molecule has 3 N–H and O–H groups in total. The maximum absolute atomic E-state index is 12.0. The molecule has 1 aromatic carbocycles. The first-order valence-electron chi connectivity index (χ1n) is 6.93. The van der Waals surface area contributed by atoms with Crippen molar-refractivity contribution in [1.29, 1.82) is 0 Å². The van der Waals surface area contributed by atoms with Gasteiger partial charge in [-0.1, -0.05) is 25.1 Å². The molecule has 0 aliphatic heterocycles. The fraction of sp³-hybridized carbons (Fsp3) is 0.533. The predicted octanol–water partition coefficient (Wildman–Crippen LogP) is 1.73. The highest BCUT2D eigenvalue weighted by atomic mass is 16.5. The van der Waals surface area contributed by atoms with Crippen molar-refractivity contribution >= 4 is 5.91 Å². The van der Waals surface area contributed by atoms with Crippen molar-refractivity contribution in [3.05, 3.63) is 35.4 Å². The molecule has 19 heavy (non-hydrogen) atoms. The minimum absolute atomic E-state index is 0.0282. The summed E-state index contributed by atoms with van der Waals surface area (Å²) < 4.78 is 5.36. The Kier molecular flexibility index (Phi) is 7.86. The molecular formula is C15H24N2O2. The molecule has 0 aromatic heterocycles. The zero-order valence-electron chi connectivity index (χ0n) is 11.7. The van der Waals surface area contributed by atoms with Crippen LogP contribution in [0.4, 0.5) is 0 Å². The predicted molar refractivity (Wildman–Crippen MR) is 77.3 cm³/mol. The zero-order chi connectivity index (χ0) is 13.9. The Hall–Kier alpha value is -1.39. The van der Waals surface area contributed by atoms with Gasteiger partial charge in [-0.3, -0.25) is 4.79 Å². The summed E-state index contributed by atoms with van der Waals surface area (Å²) in [4.78, 5) is 12.0. The molecule has 0 radical (unpaired) electrons. The van der Waals surface area contributed by atoms with Crippen LogP contribution in [-0.4, -0.2) is 32.2 Å². The van der Waals surface area contributed by atoms with Gasteiger partial charge in [-0.05, 0) is 37.4 Å². The number of carbonyl (C=O) groups is 1. The summed E-state index contributed by atoms with van der Waals surface area (Å²) in [6.45, 7) is 4.75. The highest BCUT2D eigenvalue weighted by Gasteiger charge is 2.09. The van der Waals surface area contributed by atoms with E-state index in [0.29, 0.717) is 19.7 Å². The number of benzene rings is 1. The van der Waals surface area contributed by atoms with Gasteiger partial charge in [-0.15, -0.1) is 0 Å². The summed E-state index contributed by atoms with van der Waals surface area (Å²) in [6, 6.07) is 7.60. The minimum atomic E-state index is -0.0282. The van der Waals surface area contributed by atoms with Crippen LogP contribution in [0.3, 0.4) is 0 Å². The van der Waals surface area contributed by atoms with Gasteiger partial charge in [0, 0.05) is 25.3 Å². The molecule has 0 saturated carbocycles. The van der Waals surface area contributed by atoms with Gasteiger partial charge in [0.1, 0.15) is 0 Å². The Balaban J connectivity index is 2.36. The lowest BCUT2D eigenvalue weighted by atomic mass is 10.0. The first kappa shape index (κ1) is 15.7. The van der Waals surface area contributed by atoms with Gasteiger partial charge in [0.25, 0.3) is 5.91 Å². The molecule has 0 spiro atoms. The van der Waals surface area contributed by atoms with Gasteiger partial charge in [0.05, 0.1) is 0 Å². The monoisotopic (exact) mass is 264 g/mol. The molecule has 4 nitrogen and oxygen atoms in total. The molecule has 1 rings (SSSR count). The number of nitrogens with two attached hydrogens (primary N) is 1. The summed E-state index contributed by atoms with van der Waals surface area (Å²) in [7, 11) is 0. The van der Waals surface area contributed by atoms with Crippen molar-refractivity contribution in [1.82, 2.24) is 5.32 Å². The van der Waals surface area contributed by atoms with E-state index in [4.69, 9.17) is 10.5 Å². The van der Waals surface area contributed by atoms with Crippen LogP contribution in [0.25, 0.3) is 0 Å². The van der Waals surface area contributed by atoms with E-state index < -0.39 is 0 Å². The van der Waals surface area contributed by atoms with Crippen molar-refractivity contribution in [2.24, 2.45) is 5.73 Å². The third-order valence-corrected chi connectivity index (χ3v) is 2.78. The molecule has 0 atom stereocenters. The van der Waals surface area contributed by atoms with E-state index in [1.807, 2.05) is 24.3 Å². The lowest BCUT2D eigenvalue weighted by molar-refractivity contribution is 0.0940. The van der Waals surface area contributed by atoms with Gasteiger partial charge in [0.2, 0.25) is 0 Å². The summed E-state index contributed by atoms with van der Waals surface area (Å²) in [5, 5.41) is 2.91. The molecule has 0 bridgehead atoms. The van der Waals surface area contributed by atoms with Crippen molar-refractivity contribution < 1.29 is 9.53 Å². The van der Waals surface area contributed by atoms with E-state index in [0.717, 1.165) is 37.0 Å². The second-order valence-corrected chi connectivity index (χ2v) is 4.42. The molecule has 0 aliphatic carbocycles. The Bertz CT molecular complexity index is 380. The van der Waals surface area contributed by atoms with Crippen molar-refractivity contribution in [3.63, 3.8) is 0 Å². The Morgan fingerprint density at radius 2 is 2.11 bits per heavy atom. The molecule has 4 heteroatoms. The SMILES string of the molecule is CCCOCCCNC(=O)c1ccccc1CCN. The van der Waals surface area contributed by atoms with Gasteiger partial charge < -0.3 is 15.8 Å². The van der Waals surface area contributed by atoms with Crippen LogP contribution in [0.1, 0.15) is 35.7 Å². The van der Waals surface area contributed by atoms with Gasteiger partial charge in [-0.25, -0.2) is 0 Å². The fourth-order valence-corrected chi connectivity index (χ4v) is 1.83. The van der Waals surface area contributed by atoms with Gasteiger partial charge in [0.15, 0.2) is 0 Å². The first-order chi connectivity index (χ1) is 9.29. The van der Waals surface area contributed by atoms with Gasteiger partial charge in [-0.2, -0.15) is 0 Å². The number of ether oxygens (including phenoxy) is 1. The Morgan fingerprint density at radius 3 is 2.84 bits per heavy atom. The summed E-state index contributed by atoms with van der Waals surface area (Å²) >= 11 is 0. The van der Waals surface area contributed by atoms with E-state index >= 15 is 0 Å². The number of hydrogen-bond acceptors (Lipinski definition) is 3. The fourth-order valence-electron chi connectivity index (χ4n) is 1.83. The van der Waals surface area contributed by atoms with E-state index in [1.54, 1.807) is 0 Å². The van der Waals surface area contributed by atoms with Crippen molar-refractivity contribution in [2.45, 2.75) is 26.2 Å². The average molecular weight is 264 g/mol. The maximum atomic E-state index is 12.0. The maximum Gasteiger partial charge on any atom is 0.251 e.